The summed E-state index contributed by atoms with van der Waals surface area (Å²) in [5.41, 5.74) is 1.06. The number of aromatic nitrogens is 1. The van der Waals surface area contributed by atoms with Gasteiger partial charge in [0.05, 0.1) is 0 Å². The van der Waals surface area contributed by atoms with Gasteiger partial charge in [-0.05, 0) is 18.1 Å². The lowest BCUT2D eigenvalue weighted by Crippen LogP contribution is -2.00. The maximum Gasteiger partial charge on any atom is 0.212 e. The van der Waals surface area contributed by atoms with E-state index in [1.54, 1.807) is 6.20 Å². The van der Waals surface area contributed by atoms with Crippen molar-refractivity contribution in [3.8, 4) is 0 Å². The molecule has 1 amide bonds. The molecule has 0 fully saturated rings. The molecule has 0 aliphatic carbocycles. The van der Waals surface area contributed by atoms with Crippen molar-refractivity contribution in [2.75, 3.05) is 5.32 Å². The second-order valence-corrected chi connectivity index (χ2v) is 2.13. The van der Waals surface area contributed by atoms with E-state index in [4.69, 9.17) is 0 Å². The van der Waals surface area contributed by atoms with Crippen molar-refractivity contribution in [1.82, 2.24) is 4.98 Å². The highest BCUT2D eigenvalue weighted by Gasteiger charge is 1.97. The number of carbonyl (C=O) groups is 1. The van der Waals surface area contributed by atoms with E-state index in [-0.39, 0.29) is 0 Å². The zero-order valence-corrected chi connectivity index (χ0v) is 6.37. The fourth-order valence-electron chi connectivity index (χ4n) is 0.910. The van der Waals surface area contributed by atoms with Crippen LogP contribution in [0.1, 0.15) is 12.5 Å². The molecule has 3 heteroatoms. The summed E-state index contributed by atoms with van der Waals surface area (Å²) >= 11 is 0. The van der Waals surface area contributed by atoms with E-state index in [9.17, 15) is 4.79 Å². The molecule has 11 heavy (non-hydrogen) atoms. The molecule has 0 bridgehead atoms. The predicted molar refractivity (Wildman–Crippen MR) is 43.3 cm³/mol. The monoisotopic (exact) mass is 150 g/mol. The number of rotatable bonds is 3. The van der Waals surface area contributed by atoms with Gasteiger partial charge in [0.1, 0.15) is 5.82 Å². The Morgan fingerprint density at radius 3 is 3.18 bits per heavy atom. The van der Waals surface area contributed by atoms with Gasteiger partial charge in [0.25, 0.3) is 0 Å². The summed E-state index contributed by atoms with van der Waals surface area (Å²) in [5, 5.41) is 2.54. The van der Waals surface area contributed by atoms with Crippen LogP contribution in [0, 0.1) is 0 Å². The number of hydrogen-bond donors (Lipinski definition) is 1. The van der Waals surface area contributed by atoms with Crippen molar-refractivity contribution < 1.29 is 4.79 Å². The van der Waals surface area contributed by atoms with Crippen molar-refractivity contribution in [2.45, 2.75) is 13.3 Å². The molecule has 0 aliphatic heterocycles. The first-order chi connectivity index (χ1) is 5.38. The molecule has 0 radical (unpaired) electrons. The highest BCUT2D eigenvalue weighted by molar-refractivity contribution is 5.70. The molecule has 3 nitrogen and oxygen atoms in total. The van der Waals surface area contributed by atoms with Crippen LogP contribution in [0.3, 0.4) is 0 Å². The highest BCUT2D eigenvalue weighted by atomic mass is 16.1. The summed E-state index contributed by atoms with van der Waals surface area (Å²) < 4.78 is 0. The minimum absolute atomic E-state index is 0.640. The van der Waals surface area contributed by atoms with Gasteiger partial charge in [-0.15, -0.1) is 0 Å². The lowest BCUT2D eigenvalue weighted by atomic mass is 10.2. The van der Waals surface area contributed by atoms with Gasteiger partial charge in [0, 0.05) is 6.20 Å². The summed E-state index contributed by atoms with van der Waals surface area (Å²) in [7, 11) is 0. The molecule has 0 spiro atoms. The minimum Gasteiger partial charge on any atom is -0.313 e. The largest absolute Gasteiger partial charge is 0.313 e. The Balaban J connectivity index is 2.92. The highest BCUT2D eigenvalue weighted by Crippen LogP contribution is 2.09. The molecule has 0 aromatic carbocycles. The van der Waals surface area contributed by atoms with Crippen LogP contribution in [0.25, 0.3) is 0 Å². The molecule has 1 aromatic rings. The Morgan fingerprint density at radius 1 is 1.73 bits per heavy atom. The molecule has 1 aromatic heterocycles. The Bertz CT molecular complexity index is 248. The van der Waals surface area contributed by atoms with Crippen LogP contribution >= 0.6 is 0 Å². The zero-order chi connectivity index (χ0) is 8.10. The van der Waals surface area contributed by atoms with Crippen molar-refractivity contribution in [3.63, 3.8) is 0 Å². The fourth-order valence-corrected chi connectivity index (χ4v) is 0.910. The van der Waals surface area contributed by atoms with E-state index in [2.05, 4.69) is 10.3 Å². The van der Waals surface area contributed by atoms with E-state index in [1.807, 2.05) is 19.1 Å². The second kappa shape index (κ2) is 3.71. The topological polar surface area (TPSA) is 42.0 Å². The van der Waals surface area contributed by atoms with Gasteiger partial charge in [-0.2, -0.15) is 0 Å². The molecule has 58 valence electrons. The molecule has 0 atom stereocenters. The van der Waals surface area contributed by atoms with E-state index in [0.29, 0.717) is 12.2 Å². The van der Waals surface area contributed by atoms with E-state index >= 15 is 0 Å². The van der Waals surface area contributed by atoms with Crippen LogP contribution in [-0.2, 0) is 11.2 Å². The van der Waals surface area contributed by atoms with Crippen LogP contribution in [0.15, 0.2) is 18.3 Å². The maximum absolute atomic E-state index is 10.1. The molecule has 0 unspecified atom stereocenters. The third kappa shape index (κ3) is 1.77. The first kappa shape index (κ1) is 7.72. The summed E-state index contributed by atoms with van der Waals surface area (Å²) in [6.45, 7) is 2.02. The van der Waals surface area contributed by atoms with Gasteiger partial charge < -0.3 is 5.32 Å². The first-order valence-electron chi connectivity index (χ1n) is 3.52. The van der Waals surface area contributed by atoms with E-state index < -0.39 is 0 Å². The fraction of sp³-hybridized carbons (Fsp3) is 0.250. The molecular formula is C8H10N2O. The molecule has 1 heterocycles. The number of hydrogen-bond acceptors (Lipinski definition) is 2. The van der Waals surface area contributed by atoms with Gasteiger partial charge in [-0.1, -0.05) is 13.0 Å². The quantitative estimate of drug-likeness (QED) is 0.658. The number of anilines is 1. The first-order valence-corrected chi connectivity index (χ1v) is 3.52. The normalized spacial score (nSPS) is 9.18. The van der Waals surface area contributed by atoms with Crippen LogP contribution in [0.4, 0.5) is 5.82 Å². The van der Waals surface area contributed by atoms with E-state index in [0.717, 1.165) is 12.0 Å². The lowest BCUT2D eigenvalue weighted by Gasteiger charge is -2.02. The van der Waals surface area contributed by atoms with E-state index in [1.165, 1.54) is 0 Å². The third-order valence-electron chi connectivity index (χ3n) is 1.47. The zero-order valence-electron chi connectivity index (χ0n) is 6.37. The van der Waals surface area contributed by atoms with Gasteiger partial charge in [0.2, 0.25) is 6.41 Å². The number of nitrogens with one attached hydrogen (secondary N) is 1. The number of aryl methyl sites for hydroxylation is 1. The number of carbonyl (C=O) groups excluding carboxylic acids is 1. The average Bonchev–Trinajstić information content (AvgIpc) is 2.06. The van der Waals surface area contributed by atoms with Gasteiger partial charge in [-0.25, -0.2) is 4.98 Å². The van der Waals surface area contributed by atoms with Crippen molar-refractivity contribution in [3.05, 3.63) is 23.9 Å². The number of amides is 1. The Morgan fingerprint density at radius 2 is 2.55 bits per heavy atom. The van der Waals surface area contributed by atoms with Gasteiger partial charge >= 0.3 is 0 Å². The molecule has 1 rings (SSSR count). The molecule has 0 aliphatic rings. The van der Waals surface area contributed by atoms with Crippen LogP contribution in [-0.4, -0.2) is 11.4 Å². The number of pyridine rings is 1. The van der Waals surface area contributed by atoms with Crippen LogP contribution in [0.5, 0.6) is 0 Å². The smallest absolute Gasteiger partial charge is 0.212 e. The predicted octanol–water partition coefficient (Wildman–Crippen LogP) is 1.21. The Kier molecular flexibility index (Phi) is 2.60. The summed E-state index contributed by atoms with van der Waals surface area (Å²) in [6, 6.07) is 3.80. The van der Waals surface area contributed by atoms with Crippen molar-refractivity contribution in [2.24, 2.45) is 0 Å². The SMILES string of the molecule is CCc1cccnc1NC=O. The van der Waals surface area contributed by atoms with Crippen LogP contribution in [0.2, 0.25) is 0 Å². The van der Waals surface area contributed by atoms with Crippen LogP contribution < -0.4 is 5.32 Å². The standard InChI is InChI=1S/C8H10N2O/c1-2-7-4-3-5-9-8(7)10-6-11/h3-6H,2H2,1H3,(H,9,10,11). The maximum atomic E-state index is 10.1. The van der Waals surface area contributed by atoms with Crippen molar-refractivity contribution in [1.29, 1.82) is 0 Å². The minimum atomic E-state index is 0.640. The molecule has 1 N–H and O–H groups in total. The molecule has 0 saturated heterocycles. The third-order valence-corrected chi connectivity index (χ3v) is 1.47. The Hall–Kier alpha value is -1.38. The molecular weight excluding hydrogens is 140 g/mol. The summed E-state index contributed by atoms with van der Waals surface area (Å²) in [6.07, 6.45) is 3.18. The average molecular weight is 150 g/mol. The van der Waals surface area contributed by atoms with Gasteiger partial charge in [-0.3, -0.25) is 4.79 Å². The van der Waals surface area contributed by atoms with Crippen molar-refractivity contribution >= 4 is 12.2 Å². The molecule has 0 saturated carbocycles. The summed E-state index contributed by atoms with van der Waals surface area (Å²) in [5.74, 6) is 0.657. The summed E-state index contributed by atoms with van der Waals surface area (Å²) in [4.78, 5) is 14.1. The Labute approximate surface area is 65.5 Å². The second-order valence-electron chi connectivity index (χ2n) is 2.13. The lowest BCUT2D eigenvalue weighted by molar-refractivity contribution is -0.105. The number of nitrogens with zero attached hydrogens (tertiary/aromatic N) is 1. The van der Waals surface area contributed by atoms with Gasteiger partial charge in [0.15, 0.2) is 0 Å².